The van der Waals surface area contributed by atoms with Crippen LogP contribution in [-0.2, 0) is 10.7 Å². The first kappa shape index (κ1) is 14.5. The largest absolute Gasteiger partial charge is 0.478 e. The van der Waals surface area contributed by atoms with E-state index in [9.17, 15) is 9.36 Å². The number of hydrogen-bond acceptors (Lipinski definition) is 2. The van der Waals surface area contributed by atoms with E-state index in [4.69, 9.17) is 14.9 Å². The highest BCUT2D eigenvalue weighted by molar-refractivity contribution is 7.50. The first-order valence-electron chi connectivity index (χ1n) is 5.83. The Morgan fingerprint density at radius 3 is 2.15 bits per heavy atom. The SMILES string of the molecule is O=C(O)c1ccccc1-c1ccc(CP(=O)(O)O)cc1. The Labute approximate surface area is 115 Å². The first-order chi connectivity index (χ1) is 9.37. The van der Waals surface area contributed by atoms with Crippen LogP contribution in [0.15, 0.2) is 48.5 Å². The average molecular weight is 292 g/mol. The maximum Gasteiger partial charge on any atom is 0.336 e. The molecule has 6 heteroatoms. The molecule has 0 fully saturated rings. The maximum absolute atomic E-state index is 11.1. The second kappa shape index (κ2) is 5.59. The lowest BCUT2D eigenvalue weighted by Gasteiger charge is -2.08. The van der Waals surface area contributed by atoms with Crippen molar-refractivity contribution in [1.29, 1.82) is 0 Å². The van der Waals surface area contributed by atoms with Gasteiger partial charge in [-0.15, -0.1) is 0 Å². The molecule has 0 saturated carbocycles. The zero-order valence-corrected chi connectivity index (χ0v) is 11.3. The van der Waals surface area contributed by atoms with E-state index in [-0.39, 0.29) is 11.7 Å². The van der Waals surface area contributed by atoms with Crippen molar-refractivity contribution in [3.8, 4) is 11.1 Å². The standard InChI is InChI=1S/C14H13O5P/c15-14(16)13-4-2-1-3-12(13)11-7-5-10(6-8-11)9-20(17,18)19/h1-8H,9H2,(H,15,16)(H2,17,18,19). The van der Waals surface area contributed by atoms with Crippen LogP contribution in [0.4, 0.5) is 0 Å². The van der Waals surface area contributed by atoms with Crippen molar-refractivity contribution in [3.05, 3.63) is 59.7 Å². The van der Waals surface area contributed by atoms with Gasteiger partial charge < -0.3 is 14.9 Å². The molecule has 5 nitrogen and oxygen atoms in total. The molecule has 104 valence electrons. The lowest BCUT2D eigenvalue weighted by Crippen LogP contribution is -1.99. The Morgan fingerprint density at radius 2 is 1.60 bits per heavy atom. The number of carbonyl (C=O) groups is 1. The van der Waals surface area contributed by atoms with Gasteiger partial charge in [0.2, 0.25) is 0 Å². The summed E-state index contributed by atoms with van der Waals surface area (Å²) in [7, 11) is -4.09. The Balaban J connectivity index is 2.36. The van der Waals surface area contributed by atoms with Gasteiger partial charge in [0.25, 0.3) is 0 Å². The van der Waals surface area contributed by atoms with Crippen LogP contribution in [0.3, 0.4) is 0 Å². The summed E-state index contributed by atoms with van der Waals surface area (Å²) in [5.74, 6) is -1.01. The molecule has 0 atom stereocenters. The molecule has 20 heavy (non-hydrogen) atoms. The smallest absolute Gasteiger partial charge is 0.336 e. The topological polar surface area (TPSA) is 94.8 Å². The van der Waals surface area contributed by atoms with Gasteiger partial charge in [-0.2, -0.15) is 0 Å². The summed E-state index contributed by atoms with van der Waals surface area (Å²) >= 11 is 0. The monoisotopic (exact) mass is 292 g/mol. The molecule has 0 aliphatic rings. The van der Waals surface area contributed by atoms with E-state index in [1.807, 2.05) is 0 Å². The van der Waals surface area contributed by atoms with E-state index in [1.165, 1.54) is 6.07 Å². The minimum Gasteiger partial charge on any atom is -0.478 e. The summed E-state index contributed by atoms with van der Waals surface area (Å²) in [5.41, 5.74) is 1.96. The van der Waals surface area contributed by atoms with E-state index >= 15 is 0 Å². The van der Waals surface area contributed by atoms with E-state index in [1.54, 1.807) is 42.5 Å². The molecule has 0 unspecified atom stereocenters. The van der Waals surface area contributed by atoms with E-state index in [2.05, 4.69) is 0 Å². The van der Waals surface area contributed by atoms with Crippen molar-refractivity contribution in [3.63, 3.8) is 0 Å². The highest BCUT2D eigenvalue weighted by Gasteiger charge is 2.14. The number of carboxylic acids is 1. The average Bonchev–Trinajstić information content (AvgIpc) is 2.38. The van der Waals surface area contributed by atoms with Crippen molar-refractivity contribution >= 4 is 13.6 Å². The Hall–Kier alpha value is -1.94. The van der Waals surface area contributed by atoms with Crippen molar-refractivity contribution in [2.45, 2.75) is 6.16 Å². The number of hydrogen-bond donors (Lipinski definition) is 3. The Kier molecular flexibility index (Phi) is 4.04. The number of aromatic carboxylic acids is 1. The molecular weight excluding hydrogens is 279 g/mol. The molecule has 0 aromatic heterocycles. The van der Waals surface area contributed by atoms with Crippen LogP contribution in [-0.4, -0.2) is 20.9 Å². The van der Waals surface area contributed by atoms with Crippen LogP contribution in [0, 0.1) is 0 Å². The molecule has 0 saturated heterocycles. The van der Waals surface area contributed by atoms with E-state index in [0.717, 1.165) is 0 Å². The predicted molar refractivity (Wildman–Crippen MR) is 74.6 cm³/mol. The van der Waals surface area contributed by atoms with Gasteiger partial charge in [-0.1, -0.05) is 42.5 Å². The molecule has 3 N–H and O–H groups in total. The lowest BCUT2D eigenvalue weighted by molar-refractivity contribution is 0.0697. The fourth-order valence-electron chi connectivity index (χ4n) is 1.95. The van der Waals surface area contributed by atoms with E-state index in [0.29, 0.717) is 16.7 Å². The summed E-state index contributed by atoms with van der Waals surface area (Å²) in [6, 6.07) is 13.1. The number of rotatable bonds is 4. The molecule has 0 radical (unpaired) electrons. The summed E-state index contributed by atoms with van der Waals surface area (Å²) in [4.78, 5) is 29.0. The fourth-order valence-corrected chi connectivity index (χ4v) is 2.64. The lowest BCUT2D eigenvalue weighted by atomic mass is 9.99. The molecular formula is C14H13O5P. The van der Waals surface area contributed by atoms with Crippen LogP contribution >= 0.6 is 7.60 Å². The van der Waals surface area contributed by atoms with Crippen LogP contribution in [0.5, 0.6) is 0 Å². The molecule has 0 aliphatic heterocycles. The van der Waals surface area contributed by atoms with Crippen LogP contribution in [0.25, 0.3) is 11.1 Å². The van der Waals surface area contributed by atoms with Gasteiger partial charge in [0, 0.05) is 0 Å². The van der Waals surface area contributed by atoms with Crippen molar-refractivity contribution < 1.29 is 24.3 Å². The van der Waals surface area contributed by atoms with Gasteiger partial charge in [0.05, 0.1) is 11.7 Å². The molecule has 0 aliphatic carbocycles. The molecule has 0 heterocycles. The molecule has 0 amide bonds. The van der Waals surface area contributed by atoms with Crippen LogP contribution in [0.2, 0.25) is 0 Å². The second-order valence-corrected chi connectivity index (χ2v) is 6.02. The molecule has 2 rings (SSSR count). The third-order valence-corrected chi connectivity index (χ3v) is 3.59. The van der Waals surface area contributed by atoms with Crippen molar-refractivity contribution in [2.75, 3.05) is 0 Å². The van der Waals surface area contributed by atoms with Gasteiger partial charge in [-0.3, -0.25) is 4.57 Å². The Bertz CT molecular complexity index is 672. The number of benzene rings is 2. The highest BCUT2D eigenvalue weighted by atomic mass is 31.2. The molecule has 0 spiro atoms. The number of carboxylic acid groups (broad SMARTS) is 1. The van der Waals surface area contributed by atoms with Crippen LogP contribution in [0.1, 0.15) is 15.9 Å². The first-order valence-corrected chi connectivity index (χ1v) is 7.63. The van der Waals surface area contributed by atoms with Crippen molar-refractivity contribution in [1.82, 2.24) is 0 Å². The highest BCUT2D eigenvalue weighted by Crippen LogP contribution is 2.39. The van der Waals surface area contributed by atoms with Gasteiger partial charge in [-0.05, 0) is 22.8 Å². The van der Waals surface area contributed by atoms with Gasteiger partial charge in [0.1, 0.15) is 0 Å². The summed E-state index contributed by atoms with van der Waals surface area (Å²) in [6.07, 6.45) is -0.326. The summed E-state index contributed by atoms with van der Waals surface area (Å²) in [6.45, 7) is 0. The molecule has 2 aromatic carbocycles. The molecule has 0 bridgehead atoms. The third-order valence-electron chi connectivity index (χ3n) is 2.81. The second-order valence-electron chi connectivity index (χ2n) is 4.37. The third kappa shape index (κ3) is 3.54. The molecule has 2 aromatic rings. The predicted octanol–water partition coefficient (Wildman–Crippen LogP) is 2.73. The van der Waals surface area contributed by atoms with Gasteiger partial charge in [-0.25, -0.2) is 4.79 Å². The summed E-state index contributed by atoms with van der Waals surface area (Å²) in [5, 5.41) is 9.13. The Morgan fingerprint density at radius 1 is 1.00 bits per heavy atom. The maximum atomic E-state index is 11.1. The minimum absolute atomic E-state index is 0.190. The van der Waals surface area contributed by atoms with Crippen LogP contribution < -0.4 is 0 Å². The van der Waals surface area contributed by atoms with Gasteiger partial charge >= 0.3 is 13.6 Å². The van der Waals surface area contributed by atoms with E-state index < -0.39 is 13.6 Å². The summed E-state index contributed by atoms with van der Waals surface area (Å²) < 4.78 is 10.9. The fraction of sp³-hybridized carbons (Fsp3) is 0.0714. The quantitative estimate of drug-likeness (QED) is 0.753. The zero-order chi connectivity index (χ0) is 14.8. The zero-order valence-electron chi connectivity index (χ0n) is 10.4. The normalized spacial score (nSPS) is 11.3. The van der Waals surface area contributed by atoms with Crippen molar-refractivity contribution in [2.24, 2.45) is 0 Å². The minimum atomic E-state index is -4.09. The van der Waals surface area contributed by atoms with Gasteiger partial charge in [0.15, 0.2) is 0 Å².